The maximum Gasteiger partial charge on any atom is 0.127 e. The molecule has 132 valence electrons. The van der Waals surface area contributed by atoms with E-state index in [1.54, 1.807) is 0 Å². The molecule has 1 unspecified atom stereocenters. The molecule has 1 fully saturated rings. The van der Waals surface area contributed by atoms with Crippen molar-refractivity contribution in [2.45, 2.75) is 25.7 Å². The van der Waals surface area contributed by atoms with Crippen LogP contribution < -0.4 is 4.74 Å². The van der Waals surface area contributed by atoms with E-state index in [4.69, 9.17) is 16.3 Å². The van der Waals surface area contributed by atoms with Gasteiger partial charge in [-0.05, 0) is 43.2 Å². The third kappa shape index (κ3) is 5.27. The Labute approximate surface area is 156 Å². The highest BCUT2D eigenvalue weighted by molar-refractivity contribution is 6.18. The summed E-state index contributed by atoms with van der Waals surface area (Å²) in [4.78, 5) is 2.56. The molecule has 2 nitrogen and oxygen atoms in total. The molecule has 24 heavy (non-hydrogen) atoms. The summed E-state index contributed by atoms with van der Waals surface area (Å²) in [5.74, 6) is 2.46. The summed E-state index contributed by atoms with van der Waals surface area (Å²) in [5.41, 5.74) is 0. The average Bonchev–Trinajstić information content (AvgIpc) is 2.84. The van der Waals surface area contributed by atoms with Crippen LogP contribution in [0.15, 0.2) is 42.5 Å². The van der Waals surface area contributed by atoms with Crippen molar-refractivity contribution in [1.29, 1.82) is 0 Å². The van der Waals surface area contributed by atoms with Crippen molar-refractivity contribution in [2.24, 2.45) is 5.92 Å². The third-order valence-electron chi connectivity index (χ3n) is 4.70. The van der Waals surface area contributed by atoms with Crippen LogP contribution >= 0.6 is 24.0 Å². The Balaban J connectivity index is 0.00000208. The van der Waals surface area contributed by atoms with Crippen LogP contribution in [0.5, 0.6) is 5.75 Å². The molecule has 0 saturated carbocycles. The van der Waals surface area contributed by atoms with Crippen LogP contribution in [0.2, 0.25) is 0 Å². The number of hydrogen-bond donors (Lipinski definition) is 0. The molecule has 0 aromatic heterocycles. The number of alkyl halides is 1. The second-order valence-corrected chi connectivity index (χ2v) is 6.80. The van der Waals surface area contributed by atoms with Gasteiger partial charge in [-0.25, -0.2) is 0 Å². The molecular weight excluding hydrogens is 341 g/mol. The number of rotatable bonds is 6. The van der Waals surface area contributed by atoms with Crippen LogP contribution in [0.3, 0.4) is 0 Å². The fourth-order valence-corrected chi connectivity index (χ4v) is 3.69. The molecule has 2 aromatic rings. The van der Waals surface area contributed by atoms with Gasteiger partial charge in [0, 0.05) is 24.4 Å². The fourth-order valence-electron chi connectivity index (χ4n) is 3.44. The van der Waals surface area contributed by atoms with E-state index in [1.807, 2.05) is 0 Å². The summed E-state index contributed by atoms with van der Waals surface area (Å²) in [7, 11) is 0. The molecule has 0 bridgehead atoms. The van der Waals surface area contributed by atoms with Gasteiger partial charge < -0.3 is 9.64 Å². The first-order valence-electron chi connectivity index (χ1n) is 8.75. The van der Waals surface area contributed by atoms with E-state index in [0.29, 0.717) is 5.92 Å². The topological polar surface area (TPSA) is 12.5 Å². The van der Waals surface area contributed by atoms with Crippen molar-refractivity contribution in [1.82, 2.24) is 4.90 Å². The van der Waals surface area contributed by atoms with Gasteiger partial charge in [-0.2, -0.15) is 0 Å². The normalized spacial score (nSPS) is 18.8. The molecule has 1 aliphatic rings. The fraction of sp³-hybridized carbons (Fsp3) is 0.500. The molecule has 0 radical (unpaired) electrons. The Morgan fingerprint density at radius 2 is 1.92 bits per heavy atom. The molecule has 3 rings (SSSR count). The Kier molecular flexibility index (Phi) is 8.17. The van der Waals surface area contributed by atoms with Crippen LogP contribution in [-0.2, 0) is 0 Å². The number of halogens is 2. The van der Waals surface area contributed by atoms with Crippen molar-refractivity contribution in [3.8, 4) is 5.75 Å². The lowest BCUT2D eigenvalue weighted by atomic mass is 10.1. The van der Waals surface area contributed by atoms with Crippen molar-refractivity contribution in [3.05, 3.63) is 42.5 Å². The second kappa shape index (κ2) is 10.1. The molecule has 1 aliphatic heterocycles. The highest BCUT2D eigenvalue weighted by atomic mass is 35.5. The van der Waals surface area contributed by atoms with Crippen molar-refractivity contribution < 1.29 is 4.74 Å². The van der Waals surface area contributed by atoms with Gasteiger partial charge in [0.15, 0.2) is 0 Å². The molecule has 1 heterocycles. The minimum atomic E-state index is 0. The standard InChI is InChI=1S/C20H26ClNO.ClH/c21-15-17-7-3-4-12-22(16-17)13-6-14-23-20-11-5-9-18-8-1-2-10-19(18)20;/h1-2,5,8-11,17H,3-4,6-7,12-16H2;1H. The molecule has 0 amide bonds. The highest BCUT2D eigenvalue weighted by Gasteiger charge is 2.16. The predicted molar refractivity (Wildman–Crippen MR) is 106 cm³/mol. The highest BCUT2D eigenvalue weighted by Crippen LogP contribution is 2.25. The number of benzene rings is 2. The van der Waals surface area contributed by atoms with Gasteiger partial charge in [-0.1, -0.05) is 42.8 Å². The monoisotopic (exact) mass is 367 g/mol. The maximum atomic E-state index is 6.06. The Morgan fingerprint density at radius 1 is 1.08 bits per heavy atom. The Bertz CT molecular complexity index is 614. The van der Waals surface area contributed by atoms with Crippen LogP contribution in [0.25, 0.3) is 10.8 Å². The molecule has 0 N–H and O–H groups in total. The molecular formula is C20H27Cl2NO. The van der Waals surface area contributed by atoms with Gasteiger partial charge in [-0.3, -0.25) is 0 Å². The first kappa shape index (κ1) is 19.4. The summed E-state index contributed by atoms with van der Waals surface area (Å²) in [5, 5.41) is 2.44. The minimum absolute atomic E-state index is 0. The predicted octanol–water partition coefficient (Wildman–Crippen LogP) is 5.37. The van der Waals surface area contributed by atoms with Gasteiger partial charge in [0.05, 0.1) is 6.61 Å². The lowest BCUT2D eigenvalue weighted by Gasteiger charge is -2.23. The van der Waals surface area contributed by atoms with E-state index in [0.717, 1.165) is 37.7 Å². The Morgan fingerprint density at radius 3 is 2.79 bits per heavy atom. The average molecular weight is 368 g/mol. The first-order chi connectivity index (χ1) is 11.4. The minimum Gasteiger partial charge on any atom is -0.493 e. The van der Waals surface area contributed by atoms with E-state index >= 15 is 0 Å². The number of likely N-dealkylation sites (tertiary alicyclic amines) is 1. The van der Waals surface area contributed by atoms with E-state index in [2.05, 4.69) is 47.4 Å². The van der Waals surface area contributed by atoms with Gasteiger partial charge in [0.25, 0.3) is 0 Å². The maximum absolute atomic E-state index is 6.06. The lowest BCUT2D eigenvalue weighted by molar-refractivity contribution is 0.225. The number of nitrogens with zero attached hydrogens (tertiary/aromatic N) is 1. The second-order valence-electron chi connectivity index (χ2n) is 6.50. The van der Waals surface area contributed by atoms with Gasteiger partial charge in [0.2, 0.25) is 0 Å². The molecule has 1 saturated heterocycles. The number of ether oxygens (including phenoxy) is 1. The van der Waals surface area contributed by atoms with Crippen LogP contribution in [0, 0.1) is 5.92 Å². The zero-order chi connectivity index (χ0) is 15.9. The zero-order valence-electron chi connectivity index (χ0n) is 14.1. The quantitative estimate of drug-likeness (QED) is 0.502. The number of fused-ring (bicyclic) bond motifs is 1. The smallest absolute Gasteiger partial charge is 0.127 e. The molecule has 1 atom stereocenters. The summed E-state index contributed by atoms with van der Waals surface area (Å²) in [6.45, 7) is 4.24. The van der Waals surface area contributed by atoms with E-state index < -0.39 is 0 Å². The molecule has 0 spiro atoms. The van der Waals surface area contributed by atoms with Crippen molar-refractivity contribution in [2.75, 3.05) is 32.1 Å². The SMILES string of the molecule is Cl.ClCC1CCCCN(CCCOc2cccc3ccccc23)C1. The summed E-state index contributed by atoms with van der Waals surface area (Å²) in [6.07, 6.45) is 4.97. The van der Waals surface area contributed by atoms with E-state index in [1.165, 1.54) is 36.6 Å². The number of hydrogen-bond acceptors (Lipinski definition) is 2. The largest absolute Gasteiger partial charge is 0.493 e. The summed E-state index contributed by atoms with van der Waals surface area (Å²) in [6, 6.07) is 14.7. The summed E-state index contributed by atoms with van der Waals surface area (Å²) >= 11 is 6.06. The van der Waals surface area contributed by atoms with Gasteiger partial charge in [0.1, 0.15) is 5.75 Å². The Hall–Kier alpha value is -0.960. The zero-order valence-corrected chi connectivity index (χ0v) is 15.7. The molecule has 0 aliphatic carbocycles. The lowest BCUT2D eigenvalue weighted by Crippen LogP contribution is -2.30. The van der Waals surface area contributed by atoms with Gasteiger partial charge >= 0.3 is 0 Å². The third-order valence-corrected chi connectivity index (χ3v) is 5.13. The van der Waals surface area contributed by atoms with Crippen molar-refractivity contribution in [3.63, 3.8) is 0 Å². The molecule has 4 heteroatoms. The first-order valence-corrected chi connectivity index (χ1v) is 9.29. The molecule has 2 aromatic carbocycles. The van der Waals surface area contributed by atoms with Crippen molar-refractivity contribution >= 4 is 34.8 Å². The van der Waals surface area contributed by atoms with Crippen LogP contribution in [-0.4, -0.2) is 37.0 Å². The van der Waals surface area contributed by atoms with Gasteiger partial charge in [-0.15, -0.1) is 24.0 Å². The summed E-state index contributed by atoms with van der Waals surface area (Å²) < 4.78 is 6.04. The van der Waals surface area contributed by atoms with Crippen LogP contribution in [0.4, 0.5) is 0 Å². The van der Waals surface area contributed by atoms with E-state index in [9.17, 15) is 0 Å². The van der Waals surface area contributed by atoms with E-state index in [-0.39, 0.29) is 12.4 Å². The van der Waals surface area contributed by atoms with Crippen LogP contribution in [0.1, 0.15) is 25.7 Å².